The molecule has 0 aliphatic heterocycles. The molecular formula is C11H30NOSi3-. The summed E-state index contributed by atoms with van der Waals surface area (Å²) < 4.78 is 2.78. The molecule has 0 saturated heterocycles. The molecule has 0 aromatic heterocycles. The van der Waals surface area contributed by atoms with Crippen LogP contribution >= 0.6 is 0 Å². The van der Waals surface area contributed by atoms with Crippen LogP contribution in [-0.4, -0.2) is 35.6 Å². The van der Waals surface area contributed by atoms with Crippen LogP contribution in [0, 0.1) is 0 Å². The molecule has 0 aromatic carbocycles. The maximum Gasteiger partial charge on any atom is 0.112 e. The fourth-order valence-electron chi connectivity index (χ4n) is 2.34. The second-order valence-corrected chi connectivity index (χ2v) is 21.6. The fraction of sp³-hybridized carbons (Fsp3) is 1.00. The summed E-state index contributed by atoms with van der Waals surface area (Å²) in [6.07, 6.45) is 1.11. The van der Waals surface area contributed by atoms with Crippen molar-refractivity contribution in [1.82, 2.24) is 4.23 Å². The van der Waals surface area contributed by atoms with Gasteiger partial charge in [-0.15, -0.1) is 0 Å². The fourth-order valence-corrected chi connectivity index (χ4v) is 13.1. The Bertz CT molecular complexity index is 199. The van der Waals surface area contributed by atoms with Crippen molar-refractivity contribution < 1.29 is 4.80 Å². The Balaban J connectivity index is 4.38. The van der Waals surface area contributed by atoms with Gasteiger partial charge in [0.2, 0.25) is 0 Å². The standard InChI is InChI=1S/C11H30NOSi3/c1-14(2,3)12(15(4,5)6)10-9-11-16(7,8)13/h9-11H2,1-8H3/q-1. The van der Waals surface area contributed by atoms with Crippen LogP contribution in [0.5, 0.6) is 0 Å². The van der Waals surface area contributed by atoms with E-state index >= 15 is 0 Å². The molecule has 0 saturated carbocycles. The molecule has 16 heavy (non-hydrogen) atoms. The quantitative estimate of drug-likeness (QED) is 0.697. The molecule has 0 bridgehead atoms. The largest absolute Gasteiger partial charge is 0.859 e. The first-order valence-corrected chi connectivity index (χ1v) is 16.3. The predicted molar refractivity (Wildman–Crippen MR) is 80.3 cm³/mol. The molecule has 0 fully saturated rings. The van der Waals surface area contributed by atoms with Crippen molar-refractivity contribution in [2.75, 3.05) is 6.54 Å². The van der Waals surface area contributed by atoms with E-state index < -0.39 is 24.8 Å². The Morgan fingerprint density at radius 3 is 1.44 bits per heavy atom. The van der Waals surface area contributed by atoms with Gasteiger partial charge in [0.05, 0.1) is 0 Å². The lowest BCUT2D eigenvalue weighted by Crippen LogP contribution is -2.59. The molecule has 0 radical (unpaired) electrons. The number of nitrogens with zero attached hydrogens (tertiary/aromatic N) is 1. The molecule has 2 nitrogen and oxygen atoms in total. The van der Waals surface area contributed by atoms with Gasteiger partial charge in [0.1, 0.15) is 16.5 Å². The minimum Gasteiger partial charge on any atom is -0.859 e. The Labute approximate surface area is 105 Å². The summed E-state index contributed by atoms with van der Waals surface area (Å²) in [4.78, 5) is 11.7. The van der Waals surface area contributed by atoms with Gasteiger partial charge in [-0.25, -0.2) is 0 Å². The van der Waals surface area contributed by atoms with E-state index in [0.717, 1.165) is 19.0 Å². The zero-order chi connectivity index (χ0) is 13.2. The third-order valence-corrected chi connectivity index (χ3v) is 12.0. The molecule has 0 aliphatic carbocycles. The first-order valence-electron chi connectivity index (χ1n) is 6.32. The van der Waals surface area contributed by atoms with Gasteiger partial charge in [-0.1, -0.05) is 66.7 Å². The summed E-state index contributed by atoms with van der Waals surface area (Å²) in [5.74, 6) is 0. The molecule has 0 unspecified atom stereocenters. The van der Waals surface area contributed by atoms with Gasteiger partial charge in [0.25, 0.3) is 0 Å². The maximum atomic E-state index is 11.7. The Kier molecular flexibility index (Phi) is 5.67. The Hall–Kier alpha value is 0.571. The predicted octanol–water partition coefficient (Wildman–Crippen LogP) is 2.91. The lowest BCUT2D eigenvalue weighted by molar-refractivity contribution is -0.205. The van der Waals surface area contributed by atoms with Crippen LogP contribution in [0.3, 0.4) is 0 Å². The summed E-state index contributed by atoms with van der Waals surface area (Å²) in [5, 5.41) is 0. The molecule has 0 aliphatic rings. The van der Waals surface area contributed by atoms with Crippen molar-refractivity contribution in [3.8, 4) is 0 Å². The van der Waals surface area contributed by atoms with E-state index in [1.165, 1.54) is 0 Å². The molecule has 98 valence electrons. The van der Waals surface area contributed by atoms with E-state index in [1.54, 1.807) is 0 Å². The van der Waals surface area contributed by atoms with E-state index in [4.69, 9.17) is 0 Å². The smallest absolute Gasteiger partial charge is 0.112 e. The van der Waals surface area contributed by atoms with Crippen LogP contribution in [-0.2, 0) is 0 Å². The third kappa shape index (κ3) is 7.01. The van der Waals surface area contributed by atoms with Gasteiger partial charge in [0, 0.05) is 0 Å². The van der Waals surface area contributed by atoms with E-state index in [2.05, 4.69) is 43.5 Å². The molecule has 5 heteroatoms. The SMILES string of the molecule is C[Si](C)([O-])CCCN([Si](C)(C)C)[Si](C)(C)C. The van der Waals surface area contributed by atoms with Crippen LogP contribution in [0.25, 0.3) is 0 Å². The lowest BCUT2D eigenvalue weighted by Gasteiger charge is -2.44. The third-order valence-electron chi connectivity index (χ3n) is 2.78. The maximum absolute atomic E-state index is 11.7. The molecule has 0 atom stereocenters. The average Bonchev–Trinajstić information content (AvgIpc) is 1.90. The van der Waals surface area contributed by atoms with Crippen LogP contribution < -0.4 is 4.80 Å². The van der Waals surface area contributed by atoms with Crippen molar-refractivity contribution in [2.45, 2.75) is 64.8 Å². The second-order valence-electron chi connectivity index (χ2n) is 7.36. The summed E-state index contributed by atoms with van der Waals surface area (Å²) in [5.41, 5.74) is 0. The second kappa shape index (κ2) is 5.48. The molecule has 0 amide bonds. The molecule has 0 heterocycles. The number of hydrogen-bond acceptors (Lipinski definition) is 2. The van der Waals surface area contributed by atoms with Crippen LogP contribution in [0.1, 0.15) is 6.42 Å². The van der Waals surface area contributed by atoms with E-state index in [-0.39, 0.29) is 0 Å². The Morgan fingerprint density at radius 2 is 1.19 bits per heavy atom. The Morgan fingerprint density at radius 1 is 0.812 bits per heavy atom. The minimum atomic E-state index is -2.09. The van der Waals surface area contributed by atoms with Gasteiger partial charge in [-0.2, -0.15) is 0 Å². The van der Waals surface area contributed by atoms with Crippen LogP contribution in [0.2, 0.25) is 58.4 Å². The van der Waals surface area contributed by atoms with E-state index in [9.17, 15) is 4.80 Å². The summed E-state index contributed by atoms with van der Waals surface area (Å²) in [7, 11) is -4.51. The zero-order valence-electron chi connectivity index (χ0n) is 12.5. The van der Waals surface area contributed by atoms with Gasteiger partial charge in [-0.05, 0) is 13.0 Å². The first kappa shape index (κ1) is 16.6. The molecule has 0 spiro atoms. The molecule has 0 N–H and O–H groups in total. The minimum absolute atomic E-state index is 0.929. The average molecular weight is 277 g/mol. The summed E-state index contributed by atoms with van der Waals surface area (Å²) in [6, 6.07) is 0.929. The van der Waals surface area contributed by atoms with Crippen LogP contribution in [0.4, 0.5) is 0 Å². The normalized spacial score (nSPS) is 14.6. The number of rotatable bonds is 6. The lowest BCUT2D eigenvalue weighted by atomic mass is 10.5. The number of hydrogen-bond donors (Lipinski definition) is 0. The molecule has 0 rings (SSSR count). The van der Waals surface area contributed by atoms with Crippen molar-refractivity contribution in [1.29, 1.82) is 0 Å². The van der Waals surface area contributed by atoms with Crippen molar-refractivity contribution in [2.24, 2.45) is 0 Å². The zero-order valence-corrected chi connectivity index (χ0v) is 15.5. The monoisotopic (exact) mass is 276 g/mol. The highest BCUT2D eigenvalue weighted by Crippen LogP contribution is 2.21. The summed E-state index contributed by atoms with van der Waals surface area (Å²) in [6.45, 7) is 19.5. The highest BCUT2D eigenvalue weighted by molar-refractivity contribution is 6.89. The van der Waals surface area contributed by atoms with Gasteiger partial charge >= 0.3 is 0 Å². The first-order chi connectivity index (χ1) is 6.84. The van der Waals surface area contributed by atoms with Crippen LogP contribution in [0.15, 0.2) is 0 Å². The summed E-state index contributed by atoms with van der Waals surface area (Å²) >= 11 is 0. The van der Waals surface area contributed by atoms with E-state index in [1.807, 2.05) is 13.1 Å². The molecule has 0 aromatic rings. The van der Waals surface area contributed by atoms with E-state index in [0.29, 0.717) is 0 Å². The van der Waals surface area contributed by atoms with Crippen molar-refractivity contribution >= 4 is 24.8 Å². The van der Waals surface area contributed by atoms with Gasteiger partial charge < -0.3 is 9.03 Å². The van der Waals surface area contributed by atoms with Crippen molar-refractivity contribution in [3.63, 3.8) is 0 Å². The highest BCUT2D eigenvalue weighted by atomic mass is 28.4. The topological polar surface area (TPSA) is 26.3 Å². The van der Waals surface area contributed by atoms with Gasteiger partial charge in [0.15, 0.2) is 0 Å². The van der Waals surface area contributed by atoms with Crippen molar-refractivity contribution in [3.05, 3.63) is 0 Å². The molecular weight excluding hydrogens is 246 g/mol. The van der Waals surface area contributed by atoms with Gasteiger partial charge in [-0.3, -0.25) is 0 Å². The highest BCUT2D eigenvalue weighted by Gasteiger charge is 2.33.